The summed E-state index contributed by atoms with van der Waals surface area (Å²) in [5.41, 5.74) is 2.36. The average molecular weight is 421 g/mol. The summed E-state index contributed by atoms with van der Waals surface area (Å²) >= 11 is 1.05. The molecule has 10 heteroatoms. The number of hydrogen-bond donors (Lipinski definition) is 1. The third-order valence-electron chi connectivity index (χ3n) is 4.95. The van der Waals surface area contributed by atoms with Crippen LogP contribution >= 0.6 is 11.7 Å². The Kier molecular flexibility index (Phi) is 4.47. The van der Waals surface area contributed by atoms with E-state index in [0.29, 0.717) is 34.2 Å². The highest BCUT2D eigenvalue weighted by molar-refractivity contribution is 7.00. The van der Waals surface area contributed by atoms with Crippen LogP contribution in [-0.2, 0) is 22.5 Å². The number of ether oxygens (including phenoxy) is 1. The van der Waals surface area contributed by atoms with Crippen LogP contribution in [0.25, 0.3) is 21.9 Å². The SMILES string of the molecule is O=C(COC(=O)c1ccc2c(=O)n3c(nc2c1)CCC3)Nc1cccc2nsnc12. The Labute approximate surface area is 173 Å². The zero-order valence-corrected chi connectivity index (χ0v) is 16.4. The van der Waals surface area contributed by atoms with Crippen LogP contribution in [0.2, 0.25) is 0 Å². The van der Waals surface area contributed by atoms with E-state index in [-0.39, 0.29) is 11.1 Å². The fraction of sp³-hybridized carbons (Fsp3) is 0.200. The van der Waals surface area contributed by atoms with Gasteiger partial charge in [0.05, 0.1) is 33.9 Å². The predicted molar refractivity (Wildman–Crippen MR) is 111 cm³/mol. The number of rotatable bonds is 4. The lowest BCUT2D eigenvalue weighted by molar-refractivity contribution is -0.119. The fourth-order valence-electron chi connectivity index (χ4n) is 3.52. The zero-order chi connectivity index (χ0) is 20.7. The Hall–Kier alpha value is -3.66. The number of esters is 1. The smallest absolute Gasteiger partial charge is 0.338 e. The van der Waals surface area contributed by atoms with E-state index >= 15 is 0 Å². The second kappa shape index (κ2) is 7.30. The highest BCUT2D eigenvalue weighted by Gasteiger charge is 2.18. The monoisotopic (exact) mass is 421 g/mol. The van der Waals surface area contributed by atoms with Crippen molar-refractivity contribution in [2.24, 2.45) is 0 Å². The van der Waals surface area contributed by atoms with Crippen molar-refractivity contribution >= 4 is 51.2 Å². The maximum Gasteiger partial charge on any atom is 0.338 e. The molecule has 1 N–H and O–H groups in total. The van der Waals surface area contributed by atoms with Crippen LogP contribution in [0.4, 0.5) is 5.69 Å². The summed E-state index contributed by atoms with van der Waals surface area (Å²) in [6.07, 6.45) is 1.62. The van der Waals surface area contributed by atoms with Crippen LogP contribution in [0, 0.1) is 0 Å². The van der Waals surface area contributed by atoms with Gasteiger partial charge in [-0.1, -0.05) is 6.07 Å². The van der Waals surface area contributed by atoms with Gasteiger partial charge in [0.15, 0.2) is 6.61 Å². The van der Waals surface area contributed by atoms with Crippen molar-refractivity contribution in [3.05, 3.63) is 58.1 Å². The number of aryl methyl sites for hydroxylation is 1. The normalized spacial score (nSPS) is 12.8. The van der Waals surface area contributed by atoms with E-state index in [1.54, 1.807) is 28.8 Å². The van der Waals surface area contributed by atoms with Gasteiger partial charge < -0.3 is 10.1 Å². The molecule has 0 aliphatic carbocycles. The minimum atomic E-state index is -0.664. The summed E-state index contributed by atoms with van der Waals surface area (Å²) < 4.78 is 15.1. The number of nitrogens with zero attached hydrogens (tertiary/aromatic N) is 4. The van der Waals surface area contributed by atoms with Gasteiger partial charge in [-0.25, -0.2) is 9.78 Å². The van der Waals surface area contributed by atoms with Crippen molar-refractivity contribution in [1.29, 1.82) is 0 Å². The number of benzene rings is 2. The first-order valence-electron chi connectivity index (χ1n) is 9.32. The van der Waals surface area contributed by atoms with Crippen molar-refractivity contribution in [2.75, 3.05) is 11.9 Å². The third kappa shape index (κ3) is 3.20. The molecule has 0 radical (unpaired) electrons. The van der Waals surface area contributed by atoms with Crippen molar-refractivity contribution < 1.29 is 14.3 Å². The van der Waals surface area contributed by atoms with Crippen LogP contribution in [-0.4, -0.2) is 36.8 Å². The first kappa shape index (κ1) is 18.4. The molecule has 5 rings (SSSR count). The lowest BCUT2D eigenvalue weighted by atomic mass is 10.1. The van der Waals surface area contributed by atoms with E-state index in [0.717, 1.165) is 30.4 Å². The maximum atomic E-state index is 12.5. The Morgan fingerprint density at radius 3 is 2.97 bits per heavy atom. The van der Waals surface area contributed by atoms with E-state index in [1.165, 1.54) is 12.1 Å². The summed E-state index contributed by atoms with van der Waals surface area (Å²) in [6, 6.07) is 9.86. The van der Waals surface area contributed by atoms with Gasteiger partial charge in [0, 0.05) is 13.0 Å². The molecule has 1 aliphatic rings. The number of anilines is 1. The van der Waals surface area contributed by atoms with Gasteiger partial charge in [0.1, 0.15) is 16.9 Å². The molecule has 0 saturated carbocycles. The van der Waals surface area contributed by atoms with E-state index in [2.05, 4.69) is 19.0 Å². The number of aromatic nitrogens is 4. The number of nitrogens with one attached hydrogen (secondary N) is 1. The largest absolute Gasteiger partial charge is 0.452 e. The molecule has 3 heterocycles. The van der Waals surface area contributed by atoms with E-state index < -0.39 is 18.5 Å². The molecule has 2 aromatic heterocycles. The predicted octanol–water partition coefficient (Wildman–Crippen LogP) is 2.14. The van der Waals surface area contributed by atoms with E-state index in [1.807, 2.05) is 0 Å². The molecule has 0 unspecified atom stereocenters. The standard InChI is InChI=1S/C20H15N5O4S/c26-17(22-13-3-1-4-14-18(13)24-30-23-14)10-29-20(28)11-6-7-12-15(9-11)21-16-5-2-8-25(16)19(12)27/h1,3-4,6-7,9H,2,5,8,10H2,(H,22,26). The highest BCUT2D eigenvalue weighted by Crippen LogP contribution is 2.21. The molecule has 4 aromatic rings. The molecule has 9 nitrogen and oxygen atoms in total. The first-order chi connectivity index (χ1) is 14.6. The van der Waals surface area contributed by atoms with Gasteiger partial charge in [-0.05, 0) is 36.8 Å². The minimum absolute atomic E-state index is 0.0995. The molecule has 150 valence electrons. The third-order valence-corrected chi connectivity index (χ3v) is 5.49. The van der Waals surface area contributed by atoms with Gasteiger partial charge in [0.2, 0.25) is 0 Å². The highest BCUT2D eigenvalue weighted by atomic mass is 32.1. The number of fused-ring (bicyclic) bond motifs is 3. The minimum Gasteiger partial charge on any atom is -0.452 e. The first-order valence-corrected chi connectivity index (χ1v) is 10.0. The van der Waals surface area contributed by atoms with Crippen LogP contribution in [0.15, 0.2) is 41.2 Å². The van der Waals surface area contributed by atoms with Gasteiger partial charge in [-0.15, -0.1) is 0 Å². The molecule has 0 atom stereocenters. The molecule has 0 saturated heterocycles. The molecule has 0 fully saturated rings. The number of hydrogen-bond acceptors (Lipinski definition) is 8. The van der Waals surface area contributed by atoms with E-state index in [9.17, 15) is 14.4 Å². The Balaban J connectivity index is 1.30. The second-order valence-corrected chi connectivity index (χ2v) is 7.41. The summed E-state index contributed by atoms with van der Waals surface area (Å²) in [6.45, 7) is 0.214. The molecule has 0 bridgehead atoms. The van der Waals surface area contributed by atoms with Gasteiger partial charge >= 0.3 is 5.97 Å². The summed E-state index contributed by atoms with van der Waals surface area (Å²) in [5, 5.41) is 3.13. The summed E-state index contributed by atoms with van der Waals surface area (Å²) in [7, 11) is 0. The topological polar surface area (TPSA) is 116 Å². The van der Waals surface area contributed by atoms with Crippen LogP contribution in [0.1, 0.15) is 22.6 Å². The molecule has 2 aromatic carbocycles. The molecule has 1 amide bonds. The zero-order valence-electron chi connectivity index (χ0n) is 15.6. The van der Waals surface area contributed by atoms with Crippen LogP contribution < -0.4 is 10.9 Å². The summed E-state index contributed by atoms with van der Waals surface area (Å²) in [4.78, 5) is 41.6. The number of carbonyl (C=O) groups is 2. The van der Waals surface area contributed by atoms with Crippen molar-refractivity contribution in [3.8, 4) is 0 Å². The average Bonchev–Trinajstić information content (AvgIpc) is 3.42. The van der Waals surface area contributed by atoms with Crippen LogP contribution in [0.3, 0.4) is 0 Å². The van der Waals surface area contributed by atoms with E-state index in [4.69, 9.17) is 4.74 Å². The van der Waals surface area contributed by atoms with Crippen LogP contribution in [0.5, 0.6) is 0 Å². The lowest BCUT2D eigenvalue weighted by Gasteiger charge is -2.08. The molecule has 30 heavy (non-hydrogen) atoms. The quantitative estimate of drug-likeness (QED) is 0.502. The Bertz CT molecular complexity index is 1380. The second-order valence-electron chi connectivity index (χ2n) is 6.88. The molecular weight excluding hydrogens is 406 g/mol. The van der Waals surface area contributed by atoms with Crippen molar-refractivity contribution in [2.45, 2.75) is 19.4 Å². The van der Waals surface area contributed by atoms with Crippen molar-refractivity contribution in [1.82, 2.24) is 18.3 Å². The molecule has 0 spiro atoms. The number of amides is 1. The molecule has 1 aliphatic heterocycles. The van der Waals surface area contributed by atoms with Gasteiger partial charge in [-0.2, -0.15) is 8.75 Å². The molecular formula is C20H15N5O4S. The number of carbonyl (C=O) groups excluding carboxylic acids is 2. The van der Waals surface area contributed by atoms with Crippen molar-refractivity contribution in [3.63, 3.8) is 0 Å². The fourth-order valence-corrected chi connectivity index (χ4v) is 4.07. The lowest BCUT2D eigenvalue weighted by Crippen LogP contribution is -2.22. The Morgan fingerprint density at radius 2 is 2.07 bits per heavy atom. The summed E-state index contributed by atoms with van der Waals surface area (Å²) in [5.74, 6) is -0.426. The van der Waals surface area contributed by atoms with Gasteiger partial charge in [0.25, 0.3) is 11.5 Å². The maximum absolute atomic E-state index is 12.5. The Morgan fingerprint density at radius 1 is 1.17 bits per heavy atom. The van der Waals surface area contributed by atoms with Gasteiger partial charge in [-0.3, -0.25) is 14.2 Å².